The number of hydrogen-bond donors (Lipinski definition) is 2. The molecule has 1 aromatic carbocycles. The molecule has 3 aromatic rings. The Morgan fingerprint density at radius 3 is 2.80 bits per heavy atom. The van der Waals surface area contributed by atoms with Gasteiger partial charge in [0.1, 0.15) is 22.6 Å². The maximum atomic E-state index is 12.5. The summed E-state index contributed by atoms with van der Waals surface area (Å²) in [6.07, 6.45) is 0. The van der Waals surface area contributed by atoms with Crippen LogP contribution in [-0.4, -0.2) is 4.98 Å². The number of H-pyrrole nitrogens is 1. The fourth-order valence-corrected chi connectivity index (χ4v) is 2.21. The first-order valence-electron chi connectivity index (χ1n) is 5.82. The summed E-state index contributed by atoms with van der Waals surface area (Å²) < 4.78 is 5.57. The Bertz CT molecular complexity index is 1020. The number of aryl methyl sites for hydroxylation is 1. The van der Waals surface area contributed by atoms with E-state index in [1.165, 1.54) is 0 Å². The van der Waals surface area contributed by atoms with E-state index >= 15 is 0 Å². The number of nitrogens with two attached hydrogens (primary N) is 1. The first-order chi connectivity index (χ1) is 9.54. The van der Waals surface area contributed by atoms with E-state index in [0.29, 0.717) is 11.0 Å². The number of rotatable bonds is 0. The molecule has 0 saturated heterocycles. The lowest BCUT2D eigenvalue weighted by atomic mass is 10.1. The van der Waals surface area contributed by atoms with Gasteiger partial charge in [0.05, 0.1) is 11.1 Å². The standard InChI is InChI=1S/C14H9N3O3/c1-6-3-2-4-7-11(18)9-10(16)8(5-15)13(19)17-14(9)20-12(6)7/h2-4H,1H3,(H3,16,17,19). The van der Waals surface area contributed by atoms with E-state index < -0.39 is 5.56 Å². The number of pyridine rings is 1. The van der Waals surface area contributed by atoms with Crippen molar-refractivity contribution in [1.82, 2.24) is 4.98 Å². The summed E-state index contributed by atoms with van der Waals surface area (Å²) in [6.45, 7) is 1.79. The minimum absolute atomic E-state index is 0.0155. The molecule has 6 heteroatoms. The number of para-hydroxylation sites is 1. The van der Waals surface area contributed by atoms with Crippen molar-refractivity contribution in [2.24, 2.45) is 0 Å². The van der Waals surface area contributed by atoms with E-state index in [-0.39, 0.29) is 27.8 Å². The van der Waals surface area contributed by atoms with Crippen molar-refractivity contribution < 1.29 is 4.42 Å². The van der Waals surface area contributed by atoms with Crippen LogP contribution in [0.5, 0.6) is 0 Å². The molecule has 0 radical (unpaired) electrons. The minimum Gasteiger partial charge on any atom is -0.439 e. The van der Waals surface area contributed by atoms with Gasteiger partial charge < -0.3 is 10.2 Å². The average molecular weight is 267 g/mol. The van der Waals surface area contributed by atoms with Crippen LogP contribution in [0.1, 0.15) is 11.1 Å². The monoisotopic (exact) mass is 267 g/mol. The molecule has 6 nitrogen and oxygen atoms in total. The van der Waals surface area contributed by atoms with Gasteiger partial charge in [0, 0.05) is 0 Å². The highest BCUT2D eigenvalue weighted by molar-refractivity contribution is 5.96. The maximum Gasteiger partial charge on any atom is 0.270 e. The number of hydrogen-bond acceptors (Lipinski definition) is 5. The molecule has 2 heterocycles. The molecule has 3 N–H and O–H groups in total. The van der Waals surface area contributed by atoms with Gasteiger partial charge in [0.15, 0.2) is 0 Å². The Hall–Kier alpha value is -3.07. The maximum absolute atomic E-state index is 12.5. The lowest BCUT2D eigenvalue weighted by molar-refractivity contribution is 0.640. The number of nitriles is 1. The zero-order chi connectivity index (χ0) is 14.4. The summed E-state index contributed by atoms with van der Waals surface area (Å²) in [5.41, 5.74) is 5.44. The van der Waals surface area contributed by atoms with Crippen LogP contribution in [0, 0.1) is 18.3 Å². The molecule has 3 rings (SSSR count). The van der Waals surface area contributed by atoms with E-state index in [1.54, 1.807) is 31.2 Å². The molecule has 0 spiro atoms. The topological polar surface area (TPSA) is 113 Å². The molecular weight excluding hydrogens is 258 g/mol. The summed E-state index contributed by atoms with van der Waals surface area (Å²) in [4.78, 5) is 26.6. The molecule has 0 aliphatic heterocycles. The molecule has 0 bridgehead atoms. The fraction of sp³-hybridized carbons (Fsp3) is 0.0714. The number of nitrogen functional groups attached to an aromatic ring is 1. The zero-order valence-corrected chi connectivity index (χ0v) is 10.5. The van der Waals surface area contributed by atoms with Gasteiger partial charge in [-0.2, -0.15) is 5.26 Å². The van der Waals surface area contributed by atoms with Crippen LogP contribution in [-0.2, 0) is 0 Å². The predicted molar refractivity (Wildman–Crippen MR) is 74.5 cm³/mol. The number of fused-ring (bicyclic) bond motifs is 2. The van der Waals surface area contributed by atoms with Crippen LogP contribution in [0.2, 0.25) is 0 Å². The molecule has 20 heavy (non-hydrogen) atoms. The van der Waals surface area contributed by atoms with E-state index in [2.05, 4.69) is 4.98 Å². The molecular formula is C14H9N3O3. The molecule has 0 aliphatic rings. The van der Waals surface area contributed by atoms with Crippen molar-refractivity contribution in [3.63, 3.8) is 0 Å². The Kier molecular flexibility index (Phi) is 2.38. The number of anilines is 1. The van der Waals surface area contributed by atoms with Crippen molar-refractivity contribution in [3.8, 4) is 6.07 Å². The highest BCUT2D eigenvalue weighted by atomic mass is 16.3. The third-order valence-electron chi connectivity index (χ3n) is 3.22. The Morgan fingerprint density at radius 2 is 2.10 bits per heavy atom. The Balaban J connectivity index is 2.70. The summed E-state index contributed by atoms with van der Waals surface area (Å²) in [5.74, 6) is 0. The fourth-order valence-electron chi connectivity index (χ4n) is 2.21. The van der Waals surface area contributed by atoms with Crippen LogP contribution in [0.4, 0.5) is 5.69 Å². The van der Waals surface area contributed by atoms with Gasteiger partial charge >= 0.3 is 0 Å². The van der Waals surface area contributed by atoms with Crippen LogP contribution in [0.25, 0.3) is 22.1 Å². The Labute approximate surface area is 112 Å². The van der Waals surface area contributed by atoms with Gasteiger partial charge in [-0.05, 0) is 18.6 Å². The molecule has 0 aliphatic carbocycles. The summed E-state index contributed by atoms with van der Waals surface area (Å²) >= 11 is 0. The summed E-state index contributed by atoms with van der Waals surface area (Å²) in [6, 6.07) is 6.83. The van der Waals surface area contributed by atoms with Crippen LogP contribution in [0.3, 0.4) is 0 Å². The average Bonchev–Trinajstić information content (AvgIpc) is 2.40. The molecule has 2 aromatic heterocycles. The highest BCUT2D eigenvalue weighted by Crippen LogP contribution is 2.23. The van der Waals surface area contributed by atoms with Gasteiger partial charge in [-0.15, -0.1) is 0 Å². The predicted octanol–water partition coefficient (Wildman–Crippen LogP) is 1.40. The largest absolute Gasteiger partial charge is 0.439 e. The molecule has 0 atom stereocenters. The molecule has 0 saturated carbocycles. The lowest BCUT2D eigenvalue weighted by Gasteiger charge is -2.06. The zero-order valence-electron chi connectivity index (χ0n) is 10.5. The molecule has 0 fully saturated rings. The van der Waals surface area contributed by atoms with Crippen molar-refractivity contribution >= 4 is 27.8 Å². The number of nitrogens with one attached hydrogen (secondary N) is 1. The second-order valence-corrected chi connectivity index (χ2v) is 4.44. The van der Waals surface area contributed by atoms with Gasteiger partial charge in [-0.1, -0.05) is 12.1 Å². The van der Waals surface area contributed by atoms with Crippen molar-refractivity contribution in [2.75, 3.05) is 5.73 Å². The number of nitrogens with zero attached hydrogens (tertiary/aromatic N) is 1. The van der Waals surface area contributed by atoms with E-state index in [0.717, 1.165) is 5.56 Å². The summed E-state index contributed by atoms with van der Waals surface area (Å²) in [7, 11) is 0. The van der Waals surface area contributed by atoms with E-state index in [9.17, 15) is 9.59 Å². The molecule has 0 unspecified atom stereocenters. The SMILES string of the molecule is Cc1cccc2c(=O)c3c(N)c(C#N)c(=O)[nH]c3oc12. The number of aromatic amines is 1. The van der Waals surface area contributed by atoms with Crippen molar-refractivity contribution in [2.45, 2.75) is 6.92 Å². The second-order valence-electron chi connectivity index (χ2n) is 4.44. The number of benzene rings is 1. The van der Waals surface area contributed by atoms with Crippen molar-refractivity contribution in [3.05, 3.63) is 49.9 Å². The molecule has 0 amide bonds. The van der Waals surface area contributed by atoms with Gasteiger partial charge in [0.2, 0.25) is 11.1 Å². The van der Waals surface area contributed by atoms with Crippen LogP contribution >= 0.6 is 0 Å². The van der Waals surface area contributed by atoms with E-state index in [1.807, 2.05) is 0 Å². The van der Waals surface area contributed by atoms with Crippen LogP contribution < -0.4 is 16.7 Å². The first kappa shape index (κ1) is 12.0. The smallest absolute Gasteiger partial charge is 0.270 e. The number of aromatic nitrogens is 1. The second kappa shape index (κ2) is 3.96. The van der Waals surface area contributed by atoms with Gasteiger partial charge in [0.25, 0.3) is 5.56 Å². The first-order valence-corrected chi connectivity index (χ1v) is 5.82. The minimum atomic E-state index is -0.673. The third kappa shape index (κ3) is 1.44. The normalized spacial score (nSPS) is 10.8. The van der Waals surface area contributed by atoms with Gasteiger partial charge in [-0.3, -0.25) is 14.6 Å². The quantitative estimate of drug-likeness (QED) is 0.597. The summed E-state index contributed by atoms with van der Waals surface area (Å²) in [5, 5.41) is 9.31. The van der Waals surface area contributed by atoms with E-state index in [4.69, 9.17) is 15.4 Å². The third-order valence-corrected chi connectivity index (χ3v) is 3.22. The lowest BCUT2D eigenvalue weighted by Crippen LogP contribution is -2.17. The molecule has 98 valence electrons. The Morgan fingerprint density at radius 1 is 1.35 bits per heavy atom. The van der Waals surface area contributed by atoms with Crippen LogP contribution in [0.15, 0.2) is 32.2 Å². The highest BCUT2D eigenvalue weighted by Gasteiger charge is 2.17. The van der Waals surface area contributed by atoms with Gasteiger partial charge in [-0.25, -0.2) is 0 Å². The van der Waals surface area contributed by atoms with Crippen molar-refractivity contribution in [1.29, 1.82) is 5.26 Å².